The Hall–Kier alpha value is -3.12. The van der Waals surface area contributed by atoms with Crippen molar-refractivity contribution in [2.75, 3.05) is 12.4 Å². The number of rotatable bonds is 4. The predicted molar refractivity (Wildman–Crippen MR) is 96.6 cm³/mol. The summed E-state index contributed by atoms with van der Waals surface area (Å²) in [6.07, 6.45) is 0. The number of nitro benzene ring substituents is 1. The zero-order chi connectivity index (χ0) is 18.0. The number of hydrogen-bond acceptors (Lipinski definition) is 4. The Morgan fingerprint density at radius 1 is 1.12 bits per heavy atom. The highest BCUT2D eigenvalue weighted by Crippen LogP contribution is 2.30. The minimum atomic E-state index is -0.553. The lowest BCUT2D eigenvalue weighted by atomic mass is 10.1. The molecule has 1 amide bonds. The Morgan fingerprint density at radius 2 is 1.80 bits per heavy atom. The number of non-ortho nitro benzene ring substituents is 1. The normalized spacial score (nSPS) is 10.5. The van der Waals surface area contributed by atoms with Gasteiger partial charge in [0.25, 0.3) is 11.6 Å². The van der Waals surface area contributed by atoms with Crippen molar-refractivity contribution in [2.24, 2.45) is 0 Å². The fraction of sp³-hybridized carbons (Fsp3) is 0.0556. The van der Waals surface area contributed by atoms with Gasteiger partial charge in [0, 0.05) is 12.1 Å². The van der Waals surface area contributed by atoms with E-state index < -0.39 is 10.8 Å². The molecule has 0 saturated heterocycles. The summed E-state index contributed by atoms with van der Waals surface area (Å²) >= 11 is 6.03. The summed E-state index contributed by atoms with van der Waals surface area (Å²) in [6.45, 7) is 0. The third kappa shape index (κ3) is 3.39. The Labute approximate surface area is 148 Å². The van der Waals surface area contributed by atoms with Gasteiger partial charge >= 0.3 is 0 Å². The van der Waals surface area contributed by atoms with E-state index in [1.54, 1.807) is 12.1 Å². The van der Waals surface area contributed by atoms with Crippen LogP contribution in [0.15, 0.2) is 54.6 Å². The highest BCUT2D eigenvalue weighted by molar-refractivity contribution is 6.34. The molecule has 0 aliphatic rings. The number of nitro groups is 1. The zero-order valence-electron chi connectivity index (χ0n) is 13.2. The largest absolute Gasteiger partial charge is 0.496 e. The highest BCUT2D eigenvalue weighted by atomic mass is 35.5. The Balaban J connectivity index is 2.00. The molecule has 126 valence electrons. The molecule has 0 bridgehead atoms. The average Bonchev–Trinajstić information content (AvgIpc) is 2.62. The van der Waals surface area contributed by atoms with E-state index in [1.807, 2.05) is 24.3 Å². The molecular formula is C18H13ClN2O4. The topological polar surface area (TPSA) is 81.5 Å². The molecule has 0 aliphatic heterocycles. The molecule has 0 heterocycles. The molecule has 7 heteroatoms. The second-order valence-corrected chi connectivity index (χ2v) is 5.68. The standard InChI is InChI=1S/C18H13ClN2O4/c1-25-17-9-12-5-3-2-4-11(12)8-14(17)18(22)20-16-10-13(21(23)24)6-7-15(16)19/h2-10H,1H3,(H,20,22). The highest BCUT2D eigenvalue weighted by Gasteiger charge is 2.17. The molecule has 3 rings (SSSR count). The minimum absolute atomic E-state index is 0.162. The first kappa shape index (κ1) is 16.7. The lowest BCUT2D eigenvalue weighted by molar-refractivity contribution is -0.384. The summed E-state index contributed by atoms with van der Waals surface area (Å²) in [5, 5.41) is 15.5. The molecule has 0 atom stereocenters. The van der Waals surface area contributed by atoms with E-state index in [2.05, 4.69) is 5.32 Å². The number of anilines is 1. The monoisotopic (exact) mass is 356 g/mol. The van der Waals surface area contributed by atoms with E-state index in [4.69, 9.17) is 16.3 Å². The van der Waals surface area contributed by atoms with Crippen LogP contribution in [-0.4, -0.2) is 17.9 Å². The van der Waals surface area contributed by atoms with Crippen LogP contribution < -0.4 is 10.1 Å². The molecule has 0 spiro atoms. The van der Waals surface area contributed by atoms with Crippen LogP contribution >= 0.6 is 11.6 Å². The van der Waals surface area contributed by atoms with Crippen LogP contribution in [0.25, 0.3) is 10.8 Å². The number of hydrogen-bond donors (Lipinski definition) is 1. The van der Waals surface area contributed by atoms with Gasteiger partial charge in [0.1, 0.15) is 5.75 Å². The van der Waals surface area contributed by atoms with Gasteiger partial charge in [0.15, 0.2) is 0 Å². The van der Waals surface area contributed by atoms with E-state index in [1.165, 1.54) is 25.3 Å². The molecule has 0 radical (unpaired) electrons. The number of nitrogens with zero attached hydrogens (tertiary/aromatic N) is 1. The van der Waals surface area contributed by atoms with Crippen molar-refractivity contribution in [1.82, 2.24) is 0 Å². The summed E-state index contributed by atoms with van der Waals surface area (Å²) in [5.74, 6) is -0.0669. The lowest BCUT2D eigenvalue weighted by Gasteiger charge is -2.12. The maximum Gasteiger partial charge on any atom is 0.271 e. The van der Waals surface area contributed by atoms with Crippen LogP contribution in [0.1, 0.15) is 10.4 Å². The van der Waals surface area contributed by atoms with E-state index in [9.17, 15) is 14.9 Å². The van der Waals surface area contributed by atoms with E-state index in [-0.39, 0.29) is 16.4 Å². The predicted octanol–water partition coefficient (Wildman–Crippen LogP) is 4.66. The van der Waals surface area contributed by atoms with Gasteiger partial charge < -0.3 is 10.1 Å². The first-order chi connectivity index (χ1) is 12.0. The Kier molecular flexibility index (Phi) is 4.54. The van der Waals surface area contributed by atoms with Gasteiger partial charge in [-0.3, -0.25) is 14.9 Å². The number of ether oxygens (including phenoxy) is 1. The van der Waals surface area contributed by atoms with E-state index >= 15 is 0 Å². The van der Waals surface area contributed by atoms with Crippen LogP contribution in [-0.2, 0) is 0 Å². The minimum Gasteiger partial charge on any atom is -0.496 e. The first-order valence-electron chi connectivity index (χ1n) is 7.31. The Morgan fingerprint density at radius 3 is 2.44 bits per heavy atom. The summed E-state index contributed by atoms with van der Waals surface area (Å²) in [7, 11) is 1.47. The van der Waals surface area contributed by atoms with Crippen molar-refractivity contribution < 1.29 is 14.5 Å². The molecule has 0 aliphatic carbocycles. The number of halogens is 1. The van der Waals surface area contributed by atoms with Gasteiger partial charge in [0.05, 0.1) is 28.3 Å². The summed E-state index contributed by atoms with van der Waals surface area (Å²) in [4.78, 5) is 23.0. The number of benzene rings is 3. The maximum absolute atomic E-state index is 12.7. The van der Waals surface area contributed by atoms with Crippen LogP contribution in [0.3, 0.4) is 0 Å². The van der Waals surface area contributed by atoms with Crippen molar-refractivity contribution in [2.45, 2.75) is 0 Å². The molecule has 0 fully saturated rings. The van der Waals surface area contributed by atoms with E-state index in [0.29, 0.717) is 11.3 Å². The number of carbonyl (C=O) groups excluding carboxylic acids is 1. The number of amides is 1. The van der Waals surface area contributed by atoms with Crippen molar-refractivity contribution in [3.63, 3.8) is 0 Å². The Bertz CT molecular complexity index is 988. The van der Waals surface area contributed by atoms with Crippen molar-refractivity contribution in [3.05, 3.63) is 75.3 Å². The number of carbonyl (C=O) groups is 1. The van der Waals surface area contributed by atoms with Crippen LogP contribution in [0, 0.1) is 10.1 Å². The number of fused-ring (bicyclic) bond motifs is 1. The summed E-state index contributed by atoms with van der Waals surface area (Å²) < 4.78 is 5.30. The van der Waals surface area contributed by atoms with Gasteiger partial charge in [-0.1, -0.05) is 35.9 Å². The lowest BCUT2D eigenvalue weighted by Crippen LogP contribution is -2.13. The molecule has 25 heavy (non-hydrogen) atoms. The van der Waals surface area contributed by atoms with Gasteiger partial charge in [-0.25, -0.2) is 0 Å². The van der Waals surface area contributed by atoms with Gasteiger partial charge in [0.2, 0.25) is 0 Å². The van der Waals surface area contributed by atoms with Crippen LogP contribution in [0.4, 0.5) is 11.4 Å². The molecule has 0 aromatic heterocycles. The molecule has 3 aromatic carbocycles. The molecular weight excluding hydrogens is 344 g/mol. The van der Waals surface area contributed by atoms with Gasteiger partial charge in [-0.05, 0) is 29.0 Å². The third-order valence-corrected chi connectivity index (χ3v) is 4.05. The quantitative estimate of drug-likeness (QED) is 0.544. The first-order valence-corrected chi connectivity index (χ1v) is 7.69. The molecule has 3 aromatic rings. The summed E-state index contributed by atoms with van der Waals surface area (Å²) in [6, 6.07) is 14.9. The van der Waals surface area contributed by atoms with Gasteiger partial charge in [-0.2, -0.15) is 0 Å². The smallest absolute Gasteiger partial charge is 0.271 e. The SMILES string of the molecule is COc1cc2ccccc2cc1C(=O)Nc1cc([N+](=O)[O-])ccc1Cl. The van der Waals surface area contributed by atoms with E-state index in [0.717, 1.165) is 10.8 Å². The third-order valence-electron chi connectivity index (χ3n) is 3.72. The number of nitrogens with one attached hydrogen (secondary N) is 1. The molecule has 0 saturated carbocycles. The van der Waals surface area contributed by atoms with Crippen molar-refractivity contribution in [1.29, 1.82) is 0 Å². The van der Waals surface area contributed by atoms with Crippen LogP contribution in [0.5, 0.6) is 5.75 Å². The number of methoxy groups -OCH3 is 1. The second-order valence-electron chi connectivity index (χ2n) is 5.28. The van der Waals surface area contributed by atoms with Crippen molar-refractivity contribution in [3.8, 4) is 5.75 Å². The zero-order valence-corrected chi connectivity index (χ0v) is 13.9. The second kappa shape index (κ2) is 6.78. The fourth-order valence-electron chi connectivity index (χ4n) is 2.48. The summed E-state index contributed by atoms with van der Waals surface area (Å²) in [5.41, 5.74) is 0.310. The molecule has 1 N–H and O–H groups in total. The average molecular weight is 357 g/mol. The van der Waals surface area contributed by atoms with Gasteiger partial charge in [-0.15, -0.1) is 0 Å². The molecule has 0 unspecified atom stereocenters. The fourth-order valence-corrected chi connectivity index (χ4v) is 2.64. The van der Waals surface area contributed by atoms with Crippen LogP contribution in [0.2, 0.25) is 5.02 Å². The van der Waals surface area contributed by atoms with Crippen molar-refractivity contribution >= 4 is 39.7 Å². The maximum atomic E-state index is 12.7. The molecule has 6 nitrogen and oxygen atoms in total.